The van der Waals surface area contributed by atoms with Gasteiger partial charge in [-0.2, -0.15) is 0 Å². The van der Waals surface area contributed by atoms with Gasteiger partial charge in [-0.25, -0.2) is 9.97 Å². The number of nitrogen functional groups attached to an aromatic ring is 2. The van der Waals surface area contributed by atoms with Crippen LogP contribution in [-0.2, 0) is 4.79 Å². The number of thioether (sulfide) groups is 1. The van der Waals surface area contributed by atoms with E-state index in [1.807, 2.05) is 0 Å². The van der Waals surface area contributed by atoms with Gasteiger partial charge in [-0.1, -0.05) is 18.7 Å². The minimum atomic E-state index is -1.15. The van der Waals surface area contributed by atoms with Crippen molar-refractivity contribution in [2.75, 3.05) is 11.5 Å². The van der Waals surface area contributed by atoms with E-state index >= 15 is 0 Å². The van der Waals surface area contributed by atoms with Crippen LogP contribution in [0.3, 0.4) is 0 Å². The van der Waals surface area contributed by atoms with Gasteiger partial charge in [0.25, 0.3) is 0 Å². The lowest BCUT2D eigenvalue weighted by Gasteiger charge is -2.14. The first kappa shape index (κ1) is 11.6. The van der Waals surface area contributed by atoms with E-state index in [0.717, 1.165) is 11.8 Å². The lowest BCUT2D eigenvalue weighted by Crippen LogP contribution is -2.33. The zero-order valence-corrected chi connectivity index (χ0v) is 8.95. The Balaban J connectivity index is 2.83. The molecule has 0 spiro atoms. The summed E-state index contributed by atoms with van der Waals surface area (Å²) in [5.74, 6) is -0.705. The number of nitrogens with two attached hydrogens (primary N) is 2. The van der Waals surface area contributed by atoms with E-state index in [2.05, 4.69) is 9.97 Å². The molecule has 0 aliphatic heterocycles. The number of aliphatic carboxylic acids is 1. The summed E-state index contributed by atoms with van der Waals surface area (Å²) < 4.78 is 0. The molecule has 0 aliphatic carbocycles. The van der Waals surface area contributed by atoms with Crippen LogP contribution >= 0.6 is 11.8 Å². The molecule has 0 aromatic carbocycles. The molecule has 0 aliphatic rings. The maximum atomic E-state index is 10.7. The molecule has 0 bridgehead atoms. The van der Waals surface area contributed by atoms with E-state index in [9.17, 15) is 9.90 Å². The zero-order chi connectivity index (χ0) is 11.4. The second-order valence-corrected chi connectivity index (χ2v) is 4.00. The molecule has 4 N–H and O–H groups in total. The highest BCUT2D eigenvalue weighted by Gasteiger charge is 2.12. The Kier molecular flexibility index (Phi) is 3.73. The predicted octanol–water partition coefficient (Wildman–Crippen LogP) is -0.738. The van der Waals surface area contributed by atoms with Crippen molar-refractivity contribution in [1.29, 1.82) is 0 Å². The van der Waals surface area contributed by atoms with Crippen LogP contribution in [0.25, 0.3) is 0 Å². The number of carboxylic acid groups (broad SMARTS) is 1. The first-order valence-electron chi connectivity index (χ1n) is 4.30. The maximum absolute atomic E-state index is 10.7. The number of rotatable bonds is 4. The molecule has 0 unspecified atom stereocenters. The van der Waals surface area contributed by atoms with Gasteiger partial charge in [0, 0.05) is 6.07 Å². The number of nitrogens with zero attached hydrogens (tertiary/aromatic N) is 2. The fraction of sp³-hybridized carbons (Fsp3) is 0.375. The first-order valence-corrected chi connectivity index (χ1v) is 5.18. The van der Waals surface area contributed by atoms with Gasteiger partial charge in [0.15, 0.2) is 5.16 Å². The predicted molar refractivity (Wildman–Crippen MR) is 55.8 cm³/mol. The van der Waals surface area contributed by atoms with E-state index < -0.39 is 11.2 Å². The fourth-order valence-electron chi connectivity index (χ4n) is 0.940. The molecule has 0 fully saturated rings. The second kappa shape index (κ2) is 4.83. The minimum absolute atomic E-state index is 0.221. The van der Waals surface area contributed by atoms with Crippen LogP contribution in [0.5, 0.6) is 0 Å². The zero-order valence-electron chi connectivity index (χ0n) is 8.14. The number of carboxylic acids is 1. The molecule has 6 nitrogen and oxygen atoms in total. The van der Waals surface area contributed by atoms with Crippen molar-refractivity contribution in [3.63, 3.8) is 0 Å². The molecule has 1 aromatic heterocycles. The molecule has 15 heavy (non-hydrogen) atoms. The molecule has 0 saturated heterocycles. The Hall–Kier alpha value is -1.50. The van der Waals surface area contributed by atoms with Crippen molar-refractivity contribution in [3.8, 4) is 0 Å². The number of carbonyl (C=O) groups excluding carboxylic acids is 1. The second-order valence-electron chi connectivity index (χ2n) is 2.83. The number of hydrogen-bond donors (Lipinski definition) is 2. The summed E-state index contributed by atoms with van der Waals surface area (Å²) in [5, 5.41) is 10.2. The van der Waals surface area contributed by atoms with E-state index in [4.69, 9.17) is 11.5 Å². The highest BCUT2D eigenvalue weighted by Crippen LogP contribution is 2.23. The quantitative estimate of drug-likeness (QED) is 0.513. The van der Waals surface area contributed by atoms with Gasteiger partial charge >= 0.3 is 0 Å². The summed E-state index contributed by atoms with van der Waals surface area (Å²) in [6, 6.07) is 1.41. The van der Waals surface area contributed by atoms with Gasteiger partial charge in [-0.05, 0) is 6.42 Å². The van der Waals surface area contributed by atoms with Crippen LogP contribution in [0.1, 0.15) is 13.3 Å². The number of aromatic nitrogens is 2. The van der Waals surface area contributed by atoms with Crippen molar-refractivity contribution in [2.24, 2.45) is 0 Å². The van der Waals surface area contributed by atoms with Crippen molar-refractivity contribution in [3.05, 3.63) is 6.07 Å². The smallest absolute Gasteiger partial charge is 0.192 e. The van der Waals surface area contributed by atoms with Crippen LogP contribution in [-0.4, -0.2) is 21.2 Å². The van der Waals surface area contributed by atoms with E-state index in [1.165, 1.54) is 6.07 Å². The highest BCUT2D eigenvalue weighted by atomic mass is 32.2. The highest BCUT2D eigenvalue weighted by molar-refractivity contribution is 8.00. The Morgan fingerprint density at radius 1 is 1.53 bits per heavy atom. The van der Waals surface area contributed by atoms with Gasteiger partial charge in [0.1, 0.15) is 11.6 Å². The van der Waals surface area contributed by atoms with Gasteiger partial charge in [-0.3, -0.25) is 0 Å². The van der Waals surface area contributed by atoms with Crippen molar-refractivity contribution in [2.45, 2.75) is 23.8 Å². The van der Waals surface area contributed by atoms with Crippen LogP contribution in [0.4, 0.5) is 11.6 Å². The summed E-state index contributed by atoms with van der Waals surface area (Å²) >= 11 is 0.981. The summed E-state index contributed by atoms with van der Waals surface area (Å²) in [6.07, 6.45) is 0.422. The average molecular weight is 227 g/mol. The summed E-state index contributed by atoms with van der Waals surface area (Å²) in [6.45, 7) is 1.74. The largest absolute Gasteiger partial charge is 0.549 e. The number of carbonyl (C=O) groups is 1. The first-order chi connectivity index (χ1) is 7.02. The third-order valence-corrected chi connectivity index (χ3v) is 2.83. The topological polar surface area (TPSA) is 118 Å². The van der Waals surface area contributed by atoms with Crippen molar-refractivity contribution >= 4 is 29.4 Å². The van der Waals surface area contributed by atoms with E-state index in [1.54, 1.807) is 6.92 Å². The molecule has 7 heteroatoms. The third-order valence-electron chi connectivity index (χ3n) is 1.63. The molecule has 1 rings (SSSR count). The number of anilines is 2. The van der Waals surface area contributed by atoms with Gasteiger partial charge in [-0.15, -0.1) is 0 Å². The van der Waals surface area contributed by atoms with E-state index in [-0.39, 0.29) is 16.8 Å². The number of hydrogen-bond acceptors (Lipinski definition) is 7. The average Bonchev–Trinajstić information content (AvgIpc) is 2.12. The molecule has 1 aromatic rings. The lowest BCUT2D eigenvalue weighted by molar-refractivity contribution is -0.304. The third kappa shape index (κ3) is 3.28. The molecule has 1 heterocycles. The molecule has 0 saturated carbocycles. The molecule has 1 atom stereocenters. The molecular formula is C8H11N4O2S-. The standard InChI is InChI=1S/C8H12N4O2S/c1-2-4(7(13)14)15-8-11-5(9)3-6(10)12-8/h3-4H,2H2,1H3,(H,13,14)(H4,9,10,11,12)/p-1/t4-/m1/s1. The van der Waals surface area contributed by atoms with Crippen LogP contribution in [0, 0.1) is 0 Å². The van der Waals surface area contributed by atoms with E-state index in [0.29, 0.717) is 6.42 Å². The summed E-state index contributed by atoms with van der Waals surface area (Å²) in [5.41, 5.74) is 10.9. The minimum Gasteiger partial charge on any atom is -0.549 e. The lowest BCUT2D eigenvalue weighted by atomic mass is 10.3. The fourth-order valence-corrected chi connectivity index (χ4v) is 1.77. The summed E-state index contributed by atoms with van der Waals surface area (Å²) in [7, 11) is 0. The maximum Gasteiger partial charge on any atom is 0.192 e. The normalized spacial score (nSPS) is 12.3. The Bertz CT molecular complexity index is 351. The van der Waals surface area contributed by atoms with Gasteiger partial charge in [0.2, 0.25) is 0 Å². The van der Waals surface area contributed by atoms with Crippen LogP contribution < -0.4 is 16.6 Å². The SMILES string of the molecule is CC[C@@H](Sc1nc(N)cc(N)n1)C(=O)[O-]. The molecule has 0 radical (unpaired) electrons. The monoisotopic (exact) mass is 227 g/mol. The Morgan fingerprint density at radius 3 is 2.47 bits per heavy atom. The molecule has 0 amide bonds. The van der Waals surface area contributed by atoms with Crippen molar-refractivity contribution in [1.82, 2.24) is 9.97 Å². The molecular weight excluding hydrogens is 216 g/mol. The van der Waals surface area contributed by atoms with Gasteiger partial charge in [0.05, 0.1) is 11.2 Å². The Labute approximate surface area is 91.1 Å². The van der Waals surface area contributed by atoms with Crippen molar-refractivity contribution < 1.29 is 9.90 Å². The van der Waals surface area contributed by atoms with Gasteiger partial charge < -0.3 is 21.4 Å². The molecule has 82 valence electrons. The Morgan fingerprint density at radius 2 is 2.07 bits per heavy atom. The summed E-state index contributed by atoms with van der Waals surface area (Å²) in [4.78, 5) is 18.4. The van der Waals surface area contributed by atoms with Crippen LogP contribution in [0.2, 0.25) is 0 Å². The van der Waals surface area contributed by atoms with Crippen LogP contribution in [0.15, 0.2) is 11.2 Å².